The van der Waals surface area contributed by atoms with Crippen molar-refractivity contribution in [1.82, 2.24) is 9.97 Å². The lowest BCUT2D eigenvalue weighted by Crippen LogP contribution is -2.15. The number of aromatic nitrogens is 2. The van der Waals surface area contributed by atoms with Crippen molar-refractivity contribution in [2.45, 2.75) is 12.8 Å². The summed E-state index contributed by atoms with van der Waals surface area (Å²) in [5, 5.41) is 15.5. The monoisotopic (exact) mass is 468 g/mol. The van der Waals surface area contributed by atoms with Gasteiger partial charge >= 0.3 is 0 Å². The minimum atomic E-state index is 0.00877. The number of Topliss-reactive ketones (excluding diaryl/α,β-unsaturated/α-hetero) is 1. The van der Waals surface area contributed by atoms with Gasteiger partial charge in [0.25, 0.3) is 0 Å². The topological polar surface area (TPSA) is 151 Å². The maximum atomic E-state index is 13.0. The Balaban J connectivity index is 1.73. The zero-order valence-corrected chi connectivity index (χ0v) is 19.3. The first-order chi connectivity index (χ1) is 17.0. The van der Waals surface area contributed by atoms with Crippen molar-refractivity contribution in [2.75, 3.05) is 24.8 Å². The zero-order chi connectivity index (χ0) is 24.8. The third kappa shape index (κ3) is 5.42. The predicted octanol–water partition coefficient (Wildman–Crippen LogP) is 3.80. The van der Waals surface area contributed by atoms with E-state index in [0.29, 0.717) is 39.9 Å². The van der Waals surface area contributed by atoms with E-state index in [2.05, 4.69) is 30.6 Å². The highest BCUT2D eigenvalue weighted by atomic mass is 16.5. The highest BCUT2D eigenvalue weighted by Crippen LogP contribution is 2.38. The van der Waals surface area contributed by atoms with Gasteiger partial charge in [0, 0.05) is 25.2 Å². The Morgan fingerprint density at radius 3 is 2.69 bits per heavy atom. The number of hydrogen-bond donors (Lipinski definition) is 3. The van der Waals surface area contributed by atoms with Crippen molar-refractivity contribution in [1.29, 1.82) is 5.26 Å². The van der Waals surface area contributed by atoms with Gasteiger partial charge in [-0.3, -0.25) is 9.79 Å². The van der Waals surface area contributed by atoms with Gasteiger partial charge in [-0.05, 0) is 37.1 Å². The number of nitriles is 1. The molecule has 1 aromatic carbocycles. The Morgan fingerprint density at radius 2 is 1.97 bits per heavy atom. The number of ketones is 1. The molecule has 10 nitrogen and oxygen atoms in total. The van der Waals surface area contributed by atoms with E-state index in [1.807, 2.05) is 18.2 Å². The number of rotatable bonds is 9. The van der Waals surface area contributed by atoms with Gasteiger partial charge in [-0.25, -0.2) is 15.0 Å². The van der Waals surface area contributed by atoms with Crippen LogP contribution in [0.2, 0.25) is 0 Å². The molecule has 2 aromatic heterocycles. The van der Waals surface area contributed by atoms with Crippen LogP contribution in [0.4, 0.5) is 23.0 Å². The summed E-state index contributed by atoms with van der Waals surface area (Å²) in [6.45, 7) is 0. The number of benzene rings is 1. The second-order valence-electron chi connectivity index (χ2n) is 7.80. The molecule has 0 radical (unpaired) electrons. The SMILES string of the molecule is CN=CN=C(N)c1cccc(Nc2cc(Nc3cccc(C#N)n3)ncc2C(=O)C2CC2)c1OC. The van der Waals surface area contributed by atoms with Crippen molar-refractivity contribution in [2.24, 2.45) is 21.6 Å². The van der Waals surface area contributed by atoms with Gasteiger partial charge in [0.15, 0.2) is 11.5 Å². The summed E-state index contributed by atoms with van der Waals surface area (Å²) in [6.07, 6.45) is 4.64. The summed E-state index contributed by atoms with van der Waals surface area (Å²) in [7, 11) is 3.14. The van der Waals surface area contributed by atoms with Crippen molar-refractivity contribution in [3.63, 3.8) is 0 Å². The molecule has 1 saturated carbocycles. The molecule has 0 spiro atoms. The average Bonchev–Trinajstić information content (AvgIpc) is 3.73. The number of nitrogens with two attached hydrogens (primary N) is 1. The van der Waals surface area contributed by atoms with Crippen LogP contribution in [0.5, 0.6) is 5.75 Å². The molecule has 0 atom stereocenters. The fourth-order valence-corrected chi connectivity index (χ4v) is 3.48. The molecule has 1 aliphatic rings. The number of pyridine rings is 2. The minimum absolute atomic E-state index is 0.00877. The van der Waals surface area contributed by atoms with E-state index in [4.69, 9.17) is 15.7 Å². The number of nitrogens with zero attached hydrogens (tertiary/aromatic N) is 5. The quantitative estimate of drug-likeness (QED) is 0.244. The van der Waals surface area contributed by atoms with E-state index in [0.717, 1.165) is 12.8 Å². The minimum Gasteiger partial charge on any atom is -0.494 e. The second-order valence-corrected chi connectivity index (χ2v) is 7.80. The van der Waals surface area contributed by atoms with E-state index < -0.39 is 0 Å². The molecule has 0 bridgehead atoms. The number of amidine groups is 1. The summed E-state index contributed by atoms with van der Waals surface area (Å²) in [5.74, 6) is 1.67. The Labute approximate surface area is 202 Å². The highest BCUT2D eigenvalue weighted by Gasteiger charge is 2.32. The number of aliphatic imine (C=N–C) groups is 2. The van der Waals surface area contributed by atoms with E-state index >= 15 is 0 Å². The normalized spacial score (nSPS) is 13.3. The average molecular weight is 469 g/mol. The van der Waals surface area contributed by atoms with Crippen LogP contribution in [0, 0.1) is 17.2 Å². The lowest BCUT2D eigenvalue weighted by atomic mass is 10.1. The molecule has 1 aliphatic carbocycles. The van der Waals surface area contributed by atoms with E-state index in [9.17, 15) is 4.79 Å². The molecule has 0 saturated heterocycles. The van der Waals surface area contributed by atoms with E-state index in [-0.39, 0.29) is 23.2 Å². The number of methoxy groups -OCH3 is 1. The first kappa shape index (κ1) is 23.4. The summed E-state index contributed by atoms with van der Waals surface area (Å²) >= 11 is 0. The van der Waals surface area contributed by atoms with Crippen molar-refractivity contribution in [3.05, 3.63) is 65.5 Å². The van der Waals surface area contributed by atoms with Gasteiger partial charge in [0.2, 0.25) is 0 Å². The molecule has 0 unspecified atom stereocenters. The summed E-state index contributed by atoms with van der Waals surface area (Å²) in [4.78, 5) is 29.6. The molecule has 4 N–H and O–H groups in total. The first-order valence-electron chi connectivity index (χ1n) is 10.9. The van der Waals surface area contributed by atoms with Crippen LogP contribution in [0.3, 0.4) is 0 Å². The maximum Gasteiger partial charge on any atom is 0.169 e. The molecule has 0 amide bonds. The molecule has 35 heavy (non-hydrogen) atoms. The number of anilines is 4. The molecule has 4 rings (SSSR count). The number of ether oxygens (including phenoxy) is 1. The number of carbonyl (C=O) groups is 1. The largest absolute Gasteiger partial charge is 0.494 e. The Kier molecular flexibility index (Phi) is 6.97. The van der Waals surface area contributed by atoms with E-state index in [1.165, 1.54) is 13.4 Å². The molecule has 3 aromatic rings. The highest BCUT2D eigenvalue weighted by molar-refractivity contribution is 6.06. The van der Waals surface area contributed by atoms with Gasteiger partial charge < -0.3 is 21.1 Å². The fourth-order valence-electron chi connectivity index (χ4n) is 3.48. The van der Waals surface area contributed by atoms with Crippen molar-refractivity contribution >= 4 is 41.0 Å². The van der Waals surface area contributed by atoms with Gasteiger partial charge in [-0.1, -0.05) is 12.1 Å². The van der Waals surface area contributed by atoms with Crippen LogP contribution in [0.25, 0.3) is 0 Å². The number of para-hydroxylation sites is 1. The van der Waals surface area contributed by atoms with Crippen LogP contribution >= 0.6 is 0 Å². The van der Waals surface area contributed by atoms with E-state index in [1.54, 1.807) is 43.6 Å². The standard InChI is InChI=1S/C25H24N8O2/c1-28-14-30-25(27)17-6-4-7-19(24(17)35-2)32-20-11-22(29-13-18(20)23(34)15-9-10-15)33-21-8-3-5-16(12-26)31-21/h3-8,11,13-15H,9-10H2,1-2H3,(H2,27,28,30)(H2,29,31,32,33). The molecule has 10 heteroatoms. The molecular formula is C25H24N8O2. The second kappa shape index (κ2) is 10.4. The van der Waals surface area contributed by atoms with Crippen LogP contribution < -0.4 is 21.1 Å². The van der Waals surface area contributed by atoms with Crippen LogP contribution in [-0.2, 0) is 0 Å². The number of carbonyl (C=O) groups excluding carboxylic acids is 1. The van der Waals surface area contributed by atoms with Crippen molar-refractivity contribution < 1.29 is 9.53 Å². The summed E-state index contributed by atoms with van der Waals surface area (Å²) in [5.41, 5.74) is 8.62. The molecule has 176 valence electrons. The van der Waals surface area contributed by atoms with Crippen LogP contribution in [0.15, 0.2) is 58.6 Å². The smallest absolute Gasteiger partial charge is 0.169 e. The van der Waals surface area contributed by atoms with Crippen LogP contribution in [0.1, 0.15) is 34.5 Å². The molecule has 0 aliphatic heterocycles. The van der Waals surface area contributed by atoms with Crippen LogP contribution in [-0.4, -0.2) is 42.1 Å². The Hall–Kier alpha value is -4.78. The van der Waals surface area contributed by atoms with Gasteiger partial charge in [0.1, 0.15) is 35.6 Å². The van der Waals surface area contributed by atoms with Gasteiger partial charge in [0.05, 0.1) is 29.6 Å². The molecule has 2 heterocycles. The fraction of sp³-hybridized carbons (Fsp3) is 0.200. The molecule has 1 fully saturated rings. The lowest BCUT2D eigenvalue weighted by Gasteiger charge is -2.17. The van der Waals surface area contributed by atoms with Gasteiger partial charge in [-0.15, -0.1) is 0 Å². The Morgan fingerprint density at radius 1 is 1.17 bits per heavy atom. The first-order valence-corrected chi connectivity index (χ1v) is 10.9. The lowest BCUT2D eigenvalue weighted by molar-refractivity contribution is 0.0968. The summed E-state index contributed by atoms with van der Waals surface area (Å²) < 4.78 is 5.64. The maximum absolute atomic E-state index is 13.0. The third-order valence-electron chi connectivity index (χ3n) is 5.31. The number of nitrogens with one attached hydrogen (secondary N) is 2. The number of hydrogen-bond acceptors (Lipinski definition) is 8. The molecular weight excluding hydrogens is 444 g/mol. The Bertz CT molecular complexity index is 1360. The third-order valence-corrected chi connectivity index (χ3v) is 5.31. The zero-order valence-electron chi connectivity index (χ0n) is 19.3. The van der Waals surface area contributed by atoms with Crippen molar-refractivity contribution in [3.8, 4) is 11.8 Å². The summed E-state index contributed by atoms with van der Waals surface area (Å²) in [6, 6.07) is 14.2. The predicted molar refractivity (Wildman–Crippen MR) is 135 cm³/mol. The van der Waals surface area contributed by atoms with Gasteiger partial charge in [-0.2, -0.15) is 5.26 Å².